The fraction of sp³-hybridized carbons (Fsp3) is 0.455. The van der Waals surface area contributed by atoms with Crippen LogP contribution in [0.25, 0.3) is 0 Å². The average Bonchev–Trinajstić information content (AvgIpc) is 2.26. The lowest BCUT2D eigenvalue weighted by Crippen LogP contribution is -2.32. The summed E-state index contributed by atoms with van der Waals surface area (Å²) < 4.78 is 6.64. The third-order valence-electron chi connectivity index (χ3n) is 2.04. The van der Waals surface area contributed by atoms with E-state index in [0.717, 1.165) is 15.0 Å². The molecule has 0 amide bonds. The van der Waals surface area contributed by atoms with E-state index in [4.69, 9.17) is 27.9 Å². The fourth-order valence-corrected chi connectivity index (χ4v) is 2.19. The molecule has 1 unspecified atom stereocenters. The minimum Gasteiger partial charge on any atom is -0.369 e. The van der Waals surface area contributed by atoms with Crippen LogP contribution in [0.2, 0.25) is 5.02 Å². The SMILES string of the molecule is CC(CCl)(CI)OCc1cccc(Cl)c1. The molecule has 0 aliphatic heterocycles. The van der Waals surface area contributed by atoms with Gasteiger partial charge in [0.15, 0.2) is 0 Å². The molecule has 4 heteroatoms. The largest absolute Gasteiger partial charge is 0.369 e. The molecule has 0 spiro atoms. The monoisotopic (exact) mass is 358 g/mol. The maximum Gasteiger partial charge on any atom is 0.0882 e. The Bertz CT molecular complexity index is 313. The average molecular weight is 359 g/mol. The summed E-state index contributed by atoms with van der Waals surface area (Å²) in [6.07, 6.45) is 0. The molecule has 0 N–H and O–H groups in total. The highest BCUT2D eigenvalue weighted by atomic mass is 127. The summed E-state index contributed by atoms with van der Waals surface area (Å²) in [5, 5.41) is 0.734. The Morgan fingerprint density at radius 3 is 2.73 bits per heavy atom. The summed E-state index contributed by atoms with van der Waals surface area (Å²) in [6, 6.07) is 7.67. The van der Waals surface area contributed by atoms with Gasteiger partial charge in [0.05, 0.1) is 18.1 Å². The number of hydrogen-bond acceptors (Lipinski definition) is 1. The lowest BCUT2D eigenvalue weighted by atomic mass is 10.2. The Morgan fingerprint density at radius 1 is 1.47 bits per heavy atom. The van der Waals surface area contributed by atoms with Crippen LogP contribution in [-0.2, 0) is 11.3 Å². The molecule has 1 nitrogen and oxygen atoms in total. The van der Waals surface area contributed by atoms with Crippen molar-refractivity contribution in [2.24, 2.45) is 0 Å². The van der Waals surface area contributed by atoms with E-state index >= 15 is 0 Å². The van der Waals surface area contributed by atoms with E-state index in [1.165, 1.54) is 0 Å². The zero-order valence-electron chi connectivity index (χ0n) is 8.47. The molecule has 0 saturated carbocycles. The van der Waals surface area contributed by atoms with Crippen LogP contribution in [0.15, 0.2) is 24.3 Å². The highest BCUT2D eigenvalue weighted by Crippen LogP contribution is 2.19. The quantitative estimate of drug-likeness (QED) is 0.563. The van der Waals surface area contributed by atoms with Crippen molar-refractivity contribution in [3.63, 3.8) is 0 Å². The van der Waals surface area contributed by atoms with Gasteiger partial charge in [-0.05, 0) is 24.6 Å². The molecule has 1 rings (SSSR count). The maximum atomic E-state index is 5.88. The highest BCUT2D eigenvalue weighted by molar-refractivity contribution is 14.1. The highest BCUT2D eigenvalue weighted by Gasteiger charge is 2.22. The first-order valence-electron chi connectivity index (χ1n) is 4.60. The van der Waals surface area contributed by atoms with Crippen LogP contribution in [0.5, 0.6) is 0 Å². The smallest absolute Gasteiger partial charge is 0.0882 e. The normalized spacial score (nSPS) is 14.9. The number of hydrogen-bond donors (Lipinski definition) is 0. The Hall–Kier alpha value is 0.490. The molecule has 0 saturated heterocycles. The van der Waals surface area contributed by atoms with Gasteiger partial charge < -0.3 is 4.74 Å². The van der Waals surface area contributed by atoms with E-state index in [0.29, 0.717) is 12.5 Å². The molecule has 84 valence electrons. The second-order valence-corrected chi connectivity index (χ2v) is 5.10. The van der Waals surface area contributed by atoms with Crippen LogP contribution in [0.3, 0.4) is 0 Å². The van der Waals surface area contributed by atoms with Gasteiger partial charge in [-0.15, -0.1) is 11.6 Å². The molecule has 0 fully saturated rings. The summed E-state index contributed by atoms with van der Waals surface area (Å²) in [4.78, 5) is 0. The van der Waals surface area contributed by atoms with Gasteiger partial charge in [0, 0.05) is 9.45 Å². The molecular weight excluding hydrogens is 346 g/mol. The first kappa shape index (κ1) is 13.6. The Kier molecular flexibility index (Phi) is 5.68. The van der Waals surface area contributed by atoms with Crippen molar-refractivity contribution in [1.82, 2.24) is 0 Å². The molecule has 0 aromatic heterocycles. The van der Waals surface area contributed by atoms with Gasteiger partial charge >= 0.3 is 0 Å². The van der Waals surface area contributed by atoms with Gasteiger partial charge in [-0.25, -0.2) is 0 Å². The Labute approximate surface area is 114 Å². The van der Waals surface area contributed by atoms with Crippen molar-refractivity contribution in [3.05, 3.63) is 34.9 Å². The number of halogens is 3. The minimum atomic E-state index is -0.259. The second kappa shape index (κ2) is 6.28. The van der Waals surface area contributed by atoms with Crippen molar-refractivity contribution in [2.45, 2.75) is 19.1 Å². The molecular formula is C11H13Cl2IO. The molecule has 1 atom stereocenters. The molecule has 0 bridgehead atoms. The summed E-state index contributed by atoms with van der Waals surface area (Å²) in [6.45, 7) is 2.56. The van der Waals surface area contributed by atoms with Crippen LogP contribution in [0.1, 0.15) is 12.5 Å². The third kappa shape index (κ3) is 4.47. The van der Waals surface area contributed by atoms with Crippen molar-refractivity contribution < 1.29 is 4.74 Å². The van der Waals surface area contributed by atoms with Gasteiger partial charge in [-0.2, -0.15) is 0 Å². The van der Waals surface area contributed by atoms with E-state index in [-0.39, 0.29) is 5.60 Å². The molecule has 1 aromatic carbocycles. The first-order chi connectivity index (χ1) is 7.09. The zero-order chi connectivity index (χ0) is 11.3. The fourth-order valence-electron chi connectivity index (χ4n) is 0.997. The van der Waals surface area contributed by atoms with Crippen molar-refractivity contribution >= 4 is 45.8 Å². The standard InChI is InChI=1S/C11H13Cl2IO/c1-11(7-12,8-14)15-6-9-3-2-4-10(13)5-9/h2-5H,6-8H2,1H3. The molecule has 0 aliphatic rings. The van der Waals surface area contributed by atoms with Gasteiger partial charge in [0.2, 0.25) is 0 Å². The predicted molar refractivity (Wildman–Crippen MR) is 74.3 cm³/mol. The second-order valence-electron chi connectivity index (χ2n) is 3.64. The predicted octanol–water partition coefficient (Wildman–Crippen LogP) is 4.29. The molecule has 0 radical (unpaired) electrons. The minimum absolute atomic E-state index is 0.259. The van der Waals surface area contributed by atoms with Crippen LogP contribution in [-0.4, -0.2) is 15.9 Å². The van der Waals surface area contributed by atoms with Gasteiger partial charge in [0.1, 0.15) is 0 Å². The number of benzene rings is 1. The number of ether oxygens (including phenoxy) is 1. The van der Waals surface area contributed by atoms with E-state index in [2.05, 4.69) is 22.6 Å². The Balaban J connectivity index is 2.56. The van der Waals surface area contributed by atoms with Gasteiger partial charge in [-0.3, -0.25) is 0 Å². The van der Waals surface area contributed by atoms with E-state index in [9.17, 15) is 0 Å². The van der Waals surface area contributed by atoms with Crippen LogP contribution in [0, 0.1) is 0 Å². The summed E-state index contributed by atoms with van der Waals surface area (Å²) in [7, 11) is 0. The molecule has 15 heavy (non-hydrogen) atoms. The lowest BCUT2D eigenvalue weighted by molar-refractivity contribution is -0.00641. The van der Waals surface area contributed by atoms with Gasteiger partial charge in [-0.1, -0.05) is 46.3 Å². The van der Waals surface area contributed by atoms with E-state index in [1.807, 2.05) is 31.2 Å². The summed E-state index contributed by atoms with van der Waals surface area (Å²) in [5.41, 5.74) is 0.813. The molecule has 1 aromatic rings. The van der Waals surface area contributed by atoms with Crippen LogP contribution >= 0.6 is 45.8 Å². The number of rotatable bonds is 5. The van der Waals surface area contributed by atoms with Crippen LogP contribution < -0.4 is 0 Å². The summed E-state index contributed by atoms with van der Waals surface area (Å²) in [5.74, 6) is 0.497. The summed E-state index contributed by atoms with van der Waals surface area (Å²) >= 11 is 14.0. The number of alkyl halides is 2. The maximum absolute atomic E-state index is 5.88. The van der Waals surface area contributed by atoms with E-state index < -0.39 is 0 Å². The Morgan fingerprint density at radius 2 is 2.20 bits per heavy atom. The third-order valence-corrected chi connectivity index (χ3v) is 4.46. The van der Waals surface area contributed by atoms with Crippen LogP contribution in [0.4, 0.5) is 0 Å². The van der Waals surface area contributed by atoms with Gasteiger partial charge in [0.25, 0.3) is 0 Å². The van der Waals surface area contributed by atoms with Crippen molar-refractivity contribution in [2.75, 3.05) is 10.3 Å². The molecule has 0 aliphatic carbocycles. The lowest BCUT2D eigenvalue weighted by Gasteiger charge is -2.25. The topological polar surface area (TPSA) is 9.23 Å². The molecule has 0 heterocycles. The van der Waals surface area contributed by atoms with Crippen molar-refractivity contribution in [1.29, 1.82) is 0 Å². The van der Waals surface area contributed by atoms with Crippen molar-refractivity contribution in [3.8, 4) is 0 Å². The first-order valence-corrected chi connectivity index (χ1v) is 7.04. The zero-order valence-corrected chi connectivity index (χ0v) is 12.1. The van der Waals surface area contributed by atoms with E-state index in [1.54, 1.807) is 0 Å².